The van der Waals surface area contributed by atoms with Crippen molar-refractivity contribution in [1.29, 1.82) is 0 Å². The minimum atomic E-state index is -4.90. The molecule has 0 N–H and O–H groups in total. The Bertz CT molecular complexity index is 944. The van der Waals surface area contributed by atoms with E-state index in [9.17, 15) is 26.4 Å². The molecule has 0 aliphatic heterocycles. The topological polar surface area (TPSA) is 95.5 Å². The number of hydrogen-bond donors (Lipinski definition) is 0. The van der Waals surface area contributed by atoms with Crippen LogP contribution < -0.4 is 0 Å². The number of nitrogens with zero attached hydrogens (tertiary/aromatic N) is 2. The first-order chi connectivity index (χ1) is 11.9. The number of halogens is 3. The summed E-state index contributed by atoms with van der Waals surface area (Å²) in [6, 6.07) is 3.74. The molecule has 1 atom stereocenters. The lowest BCUT2D eigenvalue weighted by atomic mass is 10.1. The van der Waals surface area contributed by atoms with Crippen molar-refractivity contribution in [2.75, 3.05) is 12.9 Å². The first kappa shape index (κ1) is 20.0. The van der Waals surface area contributed by atoms with Crippen LogP contribution in [0.25, 0.3) is 11.0 Å². The normalized spacial score (nSPS) is 13.6. The highest BCUT2D eigenvalue weighted by Gasteiger charge is 2.38. The van der Waals surface area contributed by atoms with Gasteiger partial charge in [0.2, 0.25) is 0 Å². The zero-order valence-corrected chi connectivity index (χ0v) is 14.8. The number of pyridine rings is 2. The summed E-state index contributed by atoms with van der Waals surface area (Å²) < 4.78 is 71.5. The Balaban J connectivity index is 2.59. The van der Waals surface area contributed by atoms with Gasteiger partial charge in [-0.2, -0.15) is 21.6 Å². The van der Waals surface area contributed by atoms with Crippen molar-refractivity contribution in [3.63, 3.8) is 0 Å². The molecule has 0 saturated carbocycles. The first-order valence-electron chi connectivity index (χ1n) is 7.36. The molecule has 7 nitrogen and oxygen atoms in total. The third kappa shape index (κ3) is 4.67. The minimum absolute atomic E-state index is 0.0763. The molecule has 0 fully saturated rings. The molecule has 2 aromatic rings. The number of ether oxygens (including phenoxy) is 1. The molecule has 2 heterocycles. The minimum Gasteiger partial charge on any atom is -0.462 e. The number of fused-ring (bicyclic) bond motifs is 1. The molecular formula is C15H15F3N2O5S. The van der Waals surface area contributed by atoms with Gasteiger partial charge in [0.1, 0.15) is 6.10 Å². The smallest absolute Gasteiger partial charge is 0.434 e. The Hall–Kier alpha value is -2.27. The highest BCUT2D eigenvalue weighted by atomic mass is 32.2. The van der Waals surface area contributed by atoms with Crippen molar-refractivity contribution in [1.82, 2.24) is 9.97 Å². The van der Waals surface area contributed by atoms with Crippen molar-refractivity contribution >= 4 is 27.1 Å². The lowest BCUT2D eigenvalue weighted by Crippen LogP contribution is -2.18. The van der Waals surface area contributed by atoms with Gasteiger partial charge in [-0.1, -0.05) is 0 Å². The van der Waals surface area contributed by atoms with E-state index in [0.29, 0.717) is 0 Å². The summed E-state index contributed by atoms with van der Waals surface area (Å²) in [5, 5.41) is 0.163. The van der Waals surface area contributed by atoms with Crippen molar-refractivity contribution in [3.8, 4) is 0 Å². The number of alkyl halides is 3. The number of hydrogen-bond acceptors (Lipinski definition) is 7. The summed E-state index contributed by atoms with van der Waals surface area (Å²) in [6.45, 7) is 2.76. The highest BCUT2D eigenvalue weighted by molar-refractivity contribution is 7.86. The van der Waals surface area contributed by atoms with Crippen LogP contribution in [0.3, 0.4) is 0 Å². The molecule has 11 heteroatoms. The van der Waals surface area contributed by atoms with E-state index in [0.717, 1.165) is 12.3 Å². The van der Waals surface area contributed by atoms with Crippen LogP contribution in [0.5, 0.6) is 0 Å². The second-order valence-electron chi connectivity index (χ2n) is 5.33. The quantitative estimate of drug-likeness (QED) is 0.570. The summed E-state index contributed by atoms with van der Waals surface area (Å²) in [5.74, 6) is -1.15. The fourth-order valence-electron chi connectivity index (χ4n) is 2.18. The van der Waals surface area contributed by atoms with E-state index < -0.39 is 39.6 Å². The maximum Gasteiger partial charge on any atom is 0.434 e. The summed E-state index contributed by atoms with van der Waals surface area (Å²) in [7, 11) is -3.78. The highest BCUT2D eigenvalue weighted by Crippen LogP contribution is 2.33. The van der Waals surface area contributed by atoms with E-state index in [2.05, 4.69) is 14.7 Å². The molecule has 0 amide bonds. The van der Waals surface area contributed by atoms with Crippen LogP contribution in [0.15, 0.2) is 18.2 Å². The summed E-state index contributed by atoms with van der Waals surface area (Å²) in [6.07, 6.45) is -5.07. The van der Waals surface area contributed by atoms with Crippen molar-refractivity contribution in [3.05, 3.63) is 35.2 Å². The molecule has 0 spiro atoms. The van der Waals surface area contributed by atoms with Gasteiger partial charge >= 0.3 is 12.1 Å². The second-order valence-corrected chi connectivity index (χ2v) is 6.93. The van der Waals surface area contributed by atoms with Gasteiger partial charge in [-0.05, 0) is 32.0 Å². The maximum atomic E-state index is 13.3. The number of aromatic nitrogens is 2. The van der Waals surface area contributed by atoms with Gasteiger partial charge in [0.15, 0.2) is 11.3 Å². The van der Waals surface area contributed by atoms with E-state index in [1.807, 2.05) is 0 Å². The third-order valence-corrected chi connectivity index (χ3v) is 3.84. The molecule has 0 saturated heterocycles. The van der Waals surface area contributed by atoms with Gasteiger partial charge in [-0.25, -0.2) is 14.8 Å². The zero-order valence-electron chi connectivity index (χ0n) is 14.0. The van der Waals surface area contributed by atoms with Gasteiger partial charge < -0.3 is 4.74 Å². The average molecular weight is 392 g/mol. The average Bonchev–Trinajstić information content (AvgIpc) is 2.50. The molecule has 2 rings (SSSR count). The Morgan fingerprint density at radius 1 is 1.27 bits per heavy atom. The monoisotopic (exact) mass is 392 g/mol. The summed E-state index contributed by atoms with van der Waals surface area (Å²) in [5.41, 5.74) is -2.37. The van der Waals surface area contributed by atoms with Crippen LogP contribution >= 0.6 is 0 Å². The van der Waals surface area contributed by atoms with Crippen LogP contribution in [0.1, 0.15) is 41.7 Å². The van der Waals surface area contributed by atoms with E-state index in [-0.39, 0.29) is 23.3 Å². The lowest BCUT2D eigenvalue weighted by Gasteiger charge is -2.14. The standard InChI is InChI=1S/C15H15F3N2O5S/c1-4-24-14(21)10-7-9-5-6-11(8(2)25-26(3,22)23)19-13(9)20-12(10)15(16,17)18/h5-8H,4H2,1-3H3. The zero-order chi connectivity index (χ0) is 19.7. The molecule has 0 radical (unpaired) electrons. The van der Waals surface area contributed by atoms with Crippen LogP contribution in [-0.4, -0.2) is 37.2 Å². The maximum absolute atomic E-state index is 13.3. The number of esters is 1. The van der Waals surface area contributed by atoms with Crippen molar-refractivity contribution in [2.24, 2.45) is 0 Å². The number of carbonyl (C=O) groups excluding carboxylic acids is 1. The molecule has 2 aromatic heterocycles. The van der Waals surface area contributed by atoms with Crippen LogP contribution in [0.2, 0.25) is 0 Å². The molecule has 0 bridgehead atoms. The molecule has 0 aromatic carbocycles. The number of carbonyl (C=O) groups is 1. The van der Waals surface area contributed by atoms with Crippen LogP contribution in [-0.2, 0) is 25.2 Å². The Labute approximate surface area is 147 Å². The molecule has 26 heavy (non-hydrogen) atoms. The molecule has 0 aliphatic carbocycles. The van der Waals surface area contributed by atoms with Gasteiger partial charge in [0.25, 0.3) is 10.1 Å². The first-order valence-corrected chi connectivity index (χ1v) is 9.18. The number of rotatable bonds is 5. The summed E-state index contributed by atoms with van der Waals surface area (Å²) >= 11 is 0. The van der Waals surface area contributed by atoms with E-state index in [4.69, 9.17) is 4.18 Å². The van der Waals surface area contributed by atoms with Gasteiger partial charge in [-0.15, -0.1) is 0 Å². The molecule has 1 unspecified atom stereocenters. The van der Waals surface area contributed by atoms with Crippen LogP contribution in [0.4, 0.5) is 13.2 Å². The second kappa shape index (κ2) is 7.16. The van der Waals surface area contributed by atoms with E-state index >= 15 is 0 Å². The Morgan fingerprint density at radius 2 is 1.92 bits per heavy atom. The predicted octanol–water partition coefficient (Wildman–Crippen LogP) is 2.86. The largest absolute Gasteiger partial charge is 0.462 e. The van der Waals surface area contributed by atoms with E-state index in [1.54, 1.807) is 0 Å². The van der Waals surface area contributed by atoms with Crippen molar-refractivity contribution < 1.29 is 35.3 Å². The molecule has 0 aliphatic rings. The van der Waals surface area contributed by atoms with Crippen LogP contribution in [0, 0.1) is 0 Å². The van der Waals surface area contributed by atoms with Gasteiger partial charge in [-0.3, -0.25) is 4.18 Å². The Morgan fingerprint density at radius 3 is 2.46 bits per heavy atom. The van der Waals surface area contributed by atoms with Crippen molar-refractivity contribution in [2.45, 2.75) is 26.1 Å². The predicted molar refractivity (Wildman–Crippen MR) is 84.8 cm³/mol. The van der Waals surface area contributed by atoms with E-state index in [1.165, 1.54) is 26.0 Å². The molecule has 142 valence electrons. The fraction of sp³-hybridized carbons (Fsp3) is 0.400. The van der Waals surface area contributed by atoms with Gasteiger partial charge in [0.05, 0.1) is 24.1 Å². The SMILES string of the molecule is CCOC(=O)c1cc2ccc(C(C)OS(C)(=O)=O)nc2nc1C(F)(F)F. The third-order valence-electron chi connectivity index (χ3n) is 3.20. The molecular weight excluding hydrogens is 377 g/mol. The fourth-order valence-corrected chi connectivity index (χ4v) is 2.81. The summed E-state index contributed by atoms with van der Waals surface area (Å²) in [4.78, 5) is 19.2. The lowest BCUT2D eigenvalue weighted by molar-refractivity contribution is -0.141. The Kier molecular flexibility index (Phi) is 5.52. The van der Waals surface area contributed by atoms with Gasteiger partial charge in [0, 0.05) is 5.39 Å².